The van der Waals surface area contributed by atoms with Gasteiger partial charge in [-0.3, -0.25) is 9.59 Å². The van der Waals surface area contributed by atoms with Gasteiger partial charge in [-0.2, -0.15) is 4.98 Å². The molecule has 1 unspecified atom stereocenters. The Morgan fingerprint density at radius 2 is 1.94 bits per heavy atom. The number of hydrogen-bond acceptors (Lipinski definition) is 7. The molecule has 3 N–H and O–H groups in total. The summed E-state index contributed by atoms with van der Waals surface area (Å²) in [6, 6.07) is 15.9. The summed E-state index contributed by atoms with van der Waals surface area (Å²) in [5, 5.41) is 2.47. The Bertz CT molecular complexity index is 1190. The van der Waals surface area contributed by atoms with Crippen molar-refractivity contribution in [2.24, 2.45) is 5.73 Å². The zero-order valence-electron chi connectivity index (χ0n) is 17.9. The van der Waals surface area contributed by atoms with E-state index in [1.54, 1.807) is 0 Å². The number of primary amides is 1. The SMILES string of the molecule is NC(=O)CNC(=O)c1cnc(N2CCc3ccccc32)nc1OCC1Cc2ccccc2O1. The van der Waals surface area contributed by atoms with Gasteiger partial charge >= 0.3 is 0 Å². The Morgan fingerprint density at radius 3 is 2.76 bits per heavy atom. The van der Waals surface area contributed by atoms with Crippen LogP contribution in [0.2, 0.25) is 0 Å². The number of anilines is 2. The van der Waals surface area contributed by atoms with Gasteiger partial charge in [0.05, 0.1) is 6.54 Å². The molecule has 0 spiro atoms. The number of ether oxygens (including phenoxy) is 2. The Labute approximate surface area is 190 Å². The van der Waals surface area contributed by atoms with E-state index < -0.39 is 11.8 Å². The van der Waals surface area contributed by atoms with Crippen molar-refractivity contribution in [3.8, 4) is 11.6 Å². The number of aromatic nitrogens is 2. The monoisotopic (exact) mass is 445 g/mol. The van der Waals surface area contributed by atoms with E-state index in [-0.39, 0.29) is 30.7 Å². The Kier molecular flexibility index (Phi) is 5.52. The maximum atomic E-state index is 12.7. The average molecular weight is 445 g/mol. The quantitative estimate of drug-likeness (QED) is 0.569. The summed E-state index contributed by atoms with van der Waals surface area (Å²) in [7, 11) is 0. The fourth-order valence-corrected chi connectivity index (χ4v) is 4.08. The molecule has 2 aliphatic rings. The first kappa shape index (κ1) is 20.7. The van der Waals surface area contributed by atoms with E-state index in [2.05, 4.69) is 21.4 Å². The lowest BCUT2D eigenvalue weighted by atomic mass is 10.1. The first-order valence-corrected chi connectivity index (χ1v) is 10.7. The van der Waals surface area contributed by atoms with Gasteiger partial charge in [0.2, 0.25) is 17.7 Å². The highest BCUT2D eigenvalue weighted by molar-refractivity contribution is 5.98. The number of nitrogens with zero attached hydrogens (tertiary/aromatic N) is 3. The number of fused-ring (bicyclic) bond motifs is 2. The predicted molar refractivity (Wildman–Crippen MR) is 121 cm³/mol. The summed E-state index contributed by atoms with van der Waals surface area (Å²) in [5.74, 6) is 0.229. The summed E-state index contributed by atoms with van der Waals surface area (Å²) in [6.45, 7) is 0.644. The number of benzene rings is 2. The molecule has 3 heterocycles. The molecule has 0 bridgehead atoms. The van der Waals surface area contributed by atoms with Crippen LogP contribution in [0, 0.1) is 0 Å². The van der Waals surface area contributed by atoms with Gasteiger partial charge in [0.25, 0.3) is 5.91 Å². The minimum Gasteiger partial charge on any atom is -0.486 e. The first-order valence-electron chi connectivity index (χ1n) is 10.7. The second kappa shape index (κ2) is 8.78. The topological polar surface area (TPSA) is 120 Å². The summed E-state index contributed by atoms with van der Waals surface area (Å²) < 4.78 is 11.9. The van der Waals surface area contributed by atoms with Crippen LogP contribution in [0.4, 0.5) is 11.6 Å². The minimum atomic E-state index is -0.644. The van der Waals surface area contributed by atoms with Crippen molar-refractivity contribution >= 4 is 23.5 Å². The van der Waals surface area contributed by atoms with Crippen LogP contribution in [0.1, 0.15) is 21.5 Å². The number of para-hydroxylation sites is 2. The molecule has 9 heteroatoms. The largest absolute Gasteiger partial charge is 0.486 e. The van der Waals surface area contributed by atoms with Gasteiger partial charge in [-0.15, -0.1) is 0 Å². The lowest BCUT2D eigenvalue weighted by Crippen LogP contribution is -2.34. The van der Waals surface area contributed by atoms with Crippen molar-refractivity contribution in [2.75, 3.05) is 24.6 Å². The molecular weight excluding hydrogens is 422 g/mol. The zero-order chi connectivity index (χ0) is 22.8. The number of hydrogen-bond donors (Lipinski definition) is 2. The highest BCUT2D eigenvalue weighted by Crippen LogP contribution is 2.34. The molecular formula is C24H23N5O4. The van der Waals surface area contributed by atoms with Crippen LogP contribution in [0.5, 0.6) is 11.6 Å². The molecule has 33 heavy (non-hydrogen) atoms. The van der Waals surface area contributed by atoms with E-state index in [0.717, 1.165) is 30.0 Å². The fraction of sp³-hybridized carbons (Fsp3) is 0.250. The maximum absolute atomic E-state index is 12.7. The summed E-state index contributed by atoms with van der Waals surface area (Å²) in [4.78, 5) is 34.7. The molecule has 2 amide bonds. The minimum absolute atomic E-state index is 0.128. The molecule has 2 aliphatic heterocycles. The second-order valence-electron chi connectivity index (χ2n) is 7.93. The molecule has 5 rings (SSSR count). The van der Waals surface area contributed by atoms with Crippen molar-refractivity contribution in [1.29, 1.82) is 0 Å². The standard InChI is InChI=1S/C24H23N5O4/c25-21(30)13-26-22(31)18-12-27-24(29-10-9-15-5-1-3-7-19(15)29)28-23(18)32-14-17-11-16-6-2-4-8-20(16)33-17/h1-8,12,17H,9-11,13-14H2,(H2,25,30)(H,26,31). The number of nitrogens with one attached hydrogen (secondary N) is 1. The smallest absolute Gasteiger partial charge is 0.258 e. The Balaban J connectivity index is 1.39. The van der Waals surface area contributed by atoms with Gasteiger partial charge in [0.1, 0.15) is 24.0 Å². The van der Waals surface area contributed by atoms with Crippen LogP contribution in [-0.2, 0) is 17.6 Å². The van der Waals surface area contributed by atoms with E-state index in [4.69, 9.17) is 15.2 Å². The maximum Gasteiger partial charge on any atom is 0.258 e. The molecule has 1 atom stereocenters. The second-order valence-corrected chi connectivity index (χ2v) is 7.93. The van der Waals surface area contributed by atoms with E-state index in [9.17, 15) is 9.59 Å². The molecule has 3 aromatic rings. The van der Waals surface area contributed by atoms with Crippen LogP contribution in [0.25, 0.3) is 0 Å². The number of carbonyl (C=O) groups is 2. The Hall–Kier alpha value is -4.14. The van der Waals surface area contributed by atoms with Gasteiger partial charge in [-0.25, -0.2) is 4.98 Å². The van der Waals surface area contributed by atoms with Gasteiger partial charge in [0.15, 0.2) is 0 Å². The van der Waals surface area contributed by atoms with E-state index in [1.165, 1.54) is 11.8 Å². The van der Waals surface area contributed by atoms with Crippen molar-refractivity contribution < 1.29 is 19.1 Å². The van der Waals surface area contributed by atoms with E-state index >= 15 is 0 Å². The lowest BCUT2D eigenvalue weighted by Gasteiger charge is -2.19. The van der Waals surface area contributed by atoms with Crippen LogP contribution in [-0.4, -0.2) is 47.6 Å². The van der Waals surface area contributed by atoms with Crippen molar-refractivity contribution in [3.05, 3.63) is 71.4 Å². The molecule has 168 valence electrons. The molecule has 0 radical (unpaired) electrons. The van der Waals surface area contributed by atoms with E-state index in [0.29, 0.717) is 12.4 Å². The van der Waals surface area contributed by atoms with Crippen molar-refractivity contribution in [3.63, 3.8) is 0 Å². The van der Waals surface area contributed by atoms with E-state index in [1.807, 2.05) is 47.4 Å². The number of nitrogens with two attached hydrogens (primary N) is 1. The van der Waals surface area contributed by atoms with Gasteiger partial charge in [-0.1, -0.05) is 36.4 Å². The molecule has 1 aromatic heterocycles. The lowest BCUT2D eigenvalue weighted by molar-refractivity contribution is -0.117. The number of amides is 2. The third kappa shape index (κ3) is 4.30. The van der Waals surface area contributed by atoms with Crippen LogP contribution < -0.4 is 25.4 Å². The van der Waals surface area contributed by atoms with Crippen molar-refractivity contribution in [2.45, 2.75) is 18.9 Å². The Morgan fingerprint density at radius 1 is 1.15 bits per heavy atom. The molecule has 0 saturated heterocycles. The molecule has 0 fully saturated rings. The normalized spacial score (nSPS) is 16.0. The van der Waals surface area contributed by atoms with Gasteiger partial charge in [-0.05, 0) is 29.7 Å². The fourth-order valence-electron chi connectivity index (χ4n) is 4.08. The highest BCUT2D eigenvalue weighted by atomic mass is 16.5. The van der Waals surface area contributed by atoms with Crippen LogP contribution in [0.3, 0.4) is 0 Å². The average Bonchev–Trinajstić information content (AvgIpc) is 3.45. The molecule has 0 aliphatic carbocycles. The summed E-state index contributed by atoms with van der Waals surface area (Å²) in [5.41, 5.74) is 8.64. The van der Waals surface area contributed by atoms with Gasteiger partial charge in [0, 0.05) is 24.8 Å². The third-order valence-electron chi connectivity index (χ3n) is 5.66. The number of carbonyl (C=O) groups excluding carboxylic acids is 2. The van der Waals surface area contributed by atoms with Crippen LogP contribution >= 0.6 is 0 Å². The van der Waals surface area contributed by atoms with Crippen LogP contribution in [0.15, 0.2) is 54.7 Å². The molecule has 2 aromatic carbocycles. The zero-order valence-corrected chi connectivity index (χ0v) is 17.9. The molecule has 9 nitrogen and oxygen atoms in total. The summed E-state index contributed by atoms with van der Waals surface area (Å²) in [6.07, 6.45) is 2.80. The first-order chi connectivity index (χ1) is 16.1. The summed E-state index contributed by atoms with van der Waals surface area (Å²) >= 11 is 0. The van der Waals surface area contributed by atoms with Crippen molar-refractivity contribution in [1.82, 2.24) is 15.3 Å². The highest BCUT2D eigenvalue weighted by Gasteiger charge is 2.27. The number of rotatable bonds is 7. The third-order valence-corrected chi connectivity index (χ3v) is 5.66. The molecule has 0 saturated carbocycles. The predicted octanol–water partition coefficient (Wildman–Crippen LogP) is 1.77. The van der Waals surface area contributed by atoms with Gasteiger partial charge < -0.3 is 25.4 Å².